The fraction of sp³-hybridized carbons (Fsp3) is 0.300. The standard InChI is InChI=1S/C20H22NO3/c1-21(2,3)11-6-12-24-14-9-10-17-18(13-14)20(23)16-8-5-4-7-15(16)19(17)22/h4-5,7-10,13H,6,11-12H2,1-3H3/q+1. The summed E-state index contributed by atoms with van der Waals surface area (Å²) in [6.07, 6.45) is 0.927. The number of ether oxygens (including phenoxy) is 1. The van der Waals surface area contributed by atoms with Gasteiger partial charge in [-0.05, 0) is 18.2 Å². The predicted molar refractivity (Wildman–Crippen MR) is 92.8 cm³/mol. The number of hydrogen-bond donors (Lipinski definition) is 0. The molecule has 0 amide bonds. The molecule has 0 aromatic heterocycles. The maximum atomic E-state index is 12.7. The average Bonchev–Trinajstić information content (AvgIpc) is 2.56. The molecule has 0 heterocycles. The molecule has 0 atom stereocenters. The number of carbonyl (C=O) groups is 2. The number of fused-ring (bicyclic) bond motifs is 2. The Hall–Kier alpha value is -2.46. The van der Waals surface area contributed by atoms with Crippen LogP contribution in [0.15, 0.2) is 42.5 Å². The van der Waals surface area contributed by atoms with E-state index < -0.39 is 0 Å². The molecule has 1 aliphatic carbocycles. The molecular formula is C20H22NO3+. The average molecular weight is 324 g/mol. The fourth-order valence-corrected chi connectivity index (χ4v) is 2.90. The molecular weight excluding hydrogens is 302 g/mol. The molecule has 0 saturated carbocycles. The smallest absolute Gasteiger partial charge is 0.194 e. The van der Waals surface area contributed by atoms with Gasteiger partial charge in [-0.25, -0.2) is 0 Å². The third-order valence-electron chi connectivity index (χ3n) is 4.14. The first kappa shape index (κ1) is 16.4. The van der Waals surface area contributed by atoms with E-state index in [0.717, 1.165) is 17.4 Å². The maximum absolute atomic E-state index is 12.7. The summed E-state index contributed by atoms with van der Waals surface area (Å²) in [5, 5.41) is 0. The fourth-order valence-electron chi connectivity index (χ4n) is 2.90. The minimum atomic E-state index is -0.114. The Morgan fingerprint density at radius 2 is 1.42 bits per heavy atom. The van der Waals surface area contributed by atoms with Gasteiger partial charge in [-0.15, -0.1) is 0 Å². The van der Waals surface area contributed by atoms with Crippen LogP contribution in [0.25, 0.3) is 0 Å². The van der Waals surface area contributed by atoms with E-state index in [4.69, 9.17) is 4.74 Å². The lowest BCUT2D eigenvalue weighted by molar-refractivity contribution is -0.870. The quantitative estimate of drug-likeness (QED) is 0.535. The Labute approximate surface area is 142 Å². The number of hydrogen-bond acceptors (Lipinski definition) is 3. The van der Waals surface area contributed by atoms with Gasteiger partial charge in [0.15, 0.2) is 11.6 Å². The molecule has 0 radical (unpaired) electrons. The van der Waals surface area contributed by atoms with E-state index in [1.807, 2.05) is 0 Å². The molecule has 0 aliphatic heterocycles. The van der Waals surface area contributed by atoms with Gasteiger partial charge in [-0.2, -0.15) is 0 Å². The van der Waals surface area contributed by atoms with E-state index in [0.29, 0.717) is 34.6 Å². The highest BCUT2D eigenvalue weighted by Gasteiger charge is 2.29. The third kappa shape index (κ3) is 3.24. The predicted octanol–water partition coefficient (Wildman–Crippen LogP) is 2.94. The molecule has 1 aliphatic rings. The minimum Gasteiger partial charge on any atom is -0.493 e. The lowest BCUT2D eigenvalue weighted by atomic mass is 9.84. The molecule has 0 spiro atoms. The van der Waals surface area contributed by atoms with Crippen LogP contribution in [-0.2, 0) is 0 Å². The van der Waals surface area contributed by atoms with Crippen molar-refractivity contribution in [3.05, 3.63) is 64.7 Å². The highest BCUT2D eigenvalue weighted by atomic mass is 16.5. The Kier molecular flexibility index (Phi) is 4.24. The normalized spacial score (nSPS) is 13.5. The van der Waals surface area contributed by atoms with Gasteiger partial charge in [0.05, 0.1) is 34.3 Å². The molecule has 2 aromatic carbocycles. The number of benzene rings is 2. The number of quaternary nitrogens is 1. The van der Waals surface area contributed by atoms with Crippen LogP contribution in [0.3, 0.4) is 0 Å². The summed E-state index contributed by atoms with van der Waals surface area (Å²) >= 11 is 0. The van der Waals surface area contributed by atoms with Crippen molar-refractivity contribution < 1.29 is 18.8 Å². The zero-order valence-corrected chi connectivity index (χ0v) is 14.3. The molecule has 2 aromatic rings. The Morgan fingerprint density at radius 3 is 2.04 bits per heavy atom. The molecule has 0 N–H and O–H groups in total. The Morgan fingerprint density at radius 1 is 0.833 bits per heavy atom. The molecule has 0 unspecified atom stereocenters. The summed E-state index contributed by atoms with van der Waals surface area (Å²) < 4.78 is 6.65. The van der Waals surface area contributed by atoms with Gasteiger partial charge in [-0.1, -0.05) is 24.3 Å². The number of carbonyl (C=O) groups excluding carboxylic acids is 2. The van der Waals surface area contributed by atoms with Crippen molar-refractivity contribution in [1.29, 1.82) is 0 Å². The largest absolute Gasteiger partial charge is 0.493 e. The summed E-state index contributed by atoms with van der Waals surface area (Å²) in [6, 6.07) is 12.1. The monoisotopic (exact) mass is 324 g/mol. The number of rotatable bonds is 5. The first-order chi connectivity index (χ1) is 11.4. The zero-order valence-electron chi connectivity index (χ0n) is 14.3. The van der Waals surface area contributed by atoms with Gasteiger partial charge >= 0.3 is 0 Å². The van der Waals surface area contributed by atoms with Crippen LogP contribution in [0.5, 0.6) is 5.75 Å². The molecule has 4 nitrogen and oxygen atoms in total. The summed E-state index contributed by atoms with van der Waals surface area (Å²) in [5.74, 6) is 0.421. The van der Waals surface area contributed by atoms with Gasteiger partial charge in [0.2, 0.25) is 0 Å². The van der Waals surface area contributed by atoms with E-state index in [1.54, 1.807) is 42.5 Å². The summed E-state index contributed by atoms with van der Waals surface area (Å²) in [6.45, 7) is 1.60. The van der Waals surface area contributed by atoms with Gasteiger partial charge in [-0.3, -0.25) is 9.59 Å². The molecule has 3 rings (SSSR count). The van der Waals surface area contributed by atoms with E-state index in [-0.39, 0.29) is 11.6 Å². The molecule has 4 heteroatoms. The van der Waals surface area contributed by atoms with Gasteiger partial charge < -0.3 is 9.22 Å². The molecule has 24 heavy (non-hydrogen) atoms. The first-order valence-corrected chi connectivity index (χ1v) is 8.12. The Balaban J connectivity index is 1.79. The second kappa shape index (κ2) is 6.21. The van der Waals surface area contributed by atoms with E-state index >= 15 is 0 Å². The van der Waals surface area contributed by atoms with Crippen molar-refractivity contribution >= 4 is 11.6 Å². The Bertz CT molecular complexity index is 803. The zero-order chi connectivity index (χ0) is 17.3. The van der Waals surface area contributed by atoms with Crippen LogP contribution in [0.2, 0.25) is 0 Å². The molecule has 0 fully saturated rings. The van der Waals surface area contributed by atoms with Crippen LogP contribution in [0.1, 0.15) is 38.3 Å². The van der Waals surface area contributed by atoms with E-state index in [1.165, 1.54) is 0 Å². The van der Waals surface area contributed by atoms with E-state index in [9.17, 15) is 9.59 Å². The van der Waals surface area contributed by atoms with Crippen molar-refractivity contribution in [2.45, 2.75) is 6.42 Å². The summed E-state index contributed by atoms with van der Waals surface area (Å²) in [4.78, 5) is 25.2. The van der Waals surface area contributed by atoms with Crippen molar-refractivity contribution in [2.24, 2.45) is 0 Å². The van der Waals surface area contributed by atoms with Crippen LogP contribution in [0.4, 0.5) is 0 Å². The molecule has 0 bridgehead atoms. The van der Waals surface area contributed by atoms with Crippen LogP contribution in [0, 0.1) is 0 Å². The number of ketones is 2. The topological polar surface area (TPSA) is 43.4 Å². The minimum absolute atomic E-state index is 0.100. The SMILES string of the molecule is C[N+](C)(C)CCCOc1ccc2c(c1)C(=O)c1ccccc1C2=O. The van der Waals surface area contributed by atoms with Crippen LogP contribution in [-0.4, -0.2) is 50.3 Å². The third-order valence-corrected chi connectivity index (χ3v) is 4.14. The lowest BCUT2D eigenvalue weighted by Crippen LogP contribution is -2.35. The highest BCUT2D eigenvalue weighted by molar-refractivity contribution is 6.28. The van der Waals surface area contributed by atoms with Crippen LogP contribution >= 0.6 is 0 Å². The van der Waals surface area contributed by atoms with Crippen LogP contribution < -0.4 is 4.74 Å². The lowest BCUT2D eigenvalue weighted by Gasteiger charge is -2.23. The maximum Gasteiger partial charge on any atom is 0.194 e. The van der Waals surface area contributed by atoms with Crippen molar-refractivity contribution in [2.75, 3.05) is 34.3 Å². The van der Waals surface area contributed by atoms with Crippen molar-refractivity contribution in [3.63, 3.8) is 0 Å². The second-order valence-corrected chi connectivity index (χ2v) is 7.13. The van der Waals surface area contributed by atoms with Gasteiger partial charge in [0, 0.05) is 28.7 Å². The van der Waals surface area contributed by atoms with Crippen molar-refractivity contribution in [3.8, 4) is 5.75 Å². The molecule has 0 saturated heterocycles. The van der Waals surface area contributed by atoms with Gasteiger partial charge in [0.1, 0.15) is 5.75 Å². The second-order valence-electron chi connectivity index (χ2n) is 7.13. The number of nitrogens with zero attached hydrogens (tertiary/aromatic N) is 1. The summed E-state index contributed by atoms with van der Waals surface area (Å²) in [7, 11) is 6.42. The van der Waals surface area contributed by atoms with Crippen molar-refractivity contribution in [1.82, 2.24) is 0 Å². The first-order valence-electron chi connectivity index (χ1n) is 8.12. The van der Waals surface area contributed by atoms with Gasteiger partial charge in [0.25, 0.3) is 0 Å². The molecule has 124 valence electrons. The van der Waals surface area contributed by atoms with E-state index in [2.05, 4.69) is 21.1 Å². The highest BCUT2D eigenvalue weighted by Crippen LogP contribution is 2.29. The summed E-state index contributed by atoms with van der Waals surface area (Å²) in [5.41, 5.74) is 1.84.